The van der Waals surface area contributed by atoms with Crippen molar-refractivity contribution in [3.63, 3.8) is 0 Å². The number of fused-ring (bicyclic) bond motifs is 1. The third-order valence-electron chi connectivity index (χ3n) is 2.14. The Morgan fingerprint density at radius 2 is 1.64 bits per heavy atom. The van der Waals surface area contributed by atoms with E-state index in [1.54, 1.807) is 24.3 Å². The molecule has 0 aromatic heterocycles. The zero-order valence-electron chi connectivity index (χ0n) is 7.69. The van der Waals surface area contributed by atoms with E-state index in [2.05, 4.69) is 4.97 Å². The number of amides is 2. The van der Waals surface area contributed by atoms with Gasteiger partial charge in [0.25, 0.3) is 0 Å². The van der Waals surface area contributed by atoms with Crippen LogP contribution in [0.15, 0.2) is 24.3 Å². The van der Waals surface area contributed by atoms with Crippen LogP contribution >= 0.6 is 0 Å². The molecule has 3 nitrogen and oxygen atoms in total. The van der Waals surface area contributed by atoms with Crippen molar-refractivity contribution in [2.24, 2.45) is 0 Å². The third kappa shape index (κ3) is 1.35. The van der Waals surface area contributed by atoms with Crippen molar-refractivity contribution in [2.45, 2.75) is 4.97 Å². The summed E-state index contributed by atoms with van der Waals surface area (Å²) >= 11 is -0.239. The van der Waals surface area contributed by atoms with E-state index in [1.807, 2.05) is 0 Å². The van der Waals surface area contributed by atoms with E-state index in [-0.39, 0.29) is 32.7 Å². The van der Waals surface area contributed by atoms with Gasteiger partial charge in [-0.05, 0) is 0 Å². The molecule has 1 heterocycles. The average Bonchev–Trinajstić information content (AvgIpc) is 2.45. The van der Waals surface area contributed by atoms with Gasteiger partial charge in [-0.2, -0.15) is 0 Å². The van der Waals surface area contributed by atoms with Crippen molar-refractivity contribution in [1.82, 2.24) is 4.90 Å². The summed E-state index contributed by atoms with van der Waals surface area (Å²) in [5, 5.41) is 0. The molecule has 0 N–H and O–H groups in total. The molecule has 0 spiro atoms. The molecule has 0 saturated heterocycles. The molecule has 0 bridgehead atoms. The number of rotatable bonds is 2. The van der Waals surface area contributed by atoms with Gasteiger partial charge in [0.2, 0.25) is 0 Å². The Morgan fingerprint density at radius 1 is 1.14 bits per heavy atom. The van der Waals surface area contributed by atoms with E-state index in [4.69, 9.17) is 0 Å². The zero-order chi connectivity index (χ0) is 10.1. The summed E-state index contributed by atoms with van der Waals surface area (Å²) in [5.74, 6) is -0.255. The Labute approximate surface area is 92.2 Å². The van der Waals surface area contributed by atoms with Gasteiger partial charge >= 0.3 is 92.2 Å². The second-order valence-electron chi connectivity index (χ2n) is 3.00. The van der Waals surface area contributed by atoms with Crippen molar-refractivity contribution in [2.75, 3.05) is 4.59 Å². The molecule has 4 heteroatoms. The van der Waals surface area contributed by atoms with Crippen LogP contribution < -0.4 is 0 Å². The Morgan fingerprint density at radius 3 is 2.07 bits per heavy atom. The van der Waals surface area contributed by atoms with Crippen LogP contribution in [0.3, 0.4) is 0 Å². The molecule has 72 valence electrons. The molecule has 0 unspecified atom stereocenters. The van der Waals surface area contributed by atoms with Crippen molar-refractivity contribution in [1.29, 1.82) is 0 Å². The van der Waals surface area contributed by atoms with Gasteiger partial charge in [-0.25, -0.2) is 0 Å². The Bertz CT molecular complexity index is 368. The summed E-state index contributed by atoms with van der Waals surface area (Å²) in [4.78, 5) is 26.9. The molecule has 0 aliphatic carbocycles. The fourth-order valence-electron chi connectivity index (χ4n) is 1.49. The fourth-order valence-corrected chi connectivity index (χ4v) is 2.89. The first-order valence-corrected chi connectivity index (χ1v) is 8.17. The monoisotopic (exact) mass is 305 g/mol. The number of carbonyl (C=O) groups is 2. The molecular weight excluding hydrogens is 294 g/mol. The molecular formula is C10H9NO2Te. The Balaban J connectivity index is 2.43. The van der Waals surface area contributed by atoms with Gasteiger partial charge in [0.05, 0.1) is 0 Å². The zero-order valence-corrected chi connectivity index (χ0v) is 10.0. The van der Waals surface area contributed by atoms with Crippen molar-refractivity contribution >= 4 is 32.7 Å². The summed E-state index contributed by atoms with van der Waals surface area (Å²) < 4.78 is 0.636. The van der Waals surface area contributed by atoms with E-state index in [9.17, 15) is 9.59 Å². The molecule has 2 rings (SSSR count). The topological polar surface area (TPSA) is 37.4 Å². The summed E-state index contributed by atoms with van der Waals surface area (Å²) in [5.41, 5.74) is 1.11. The van der Waals surface area contributed by atoms with Gasteiger partial charge in [-0.15, -0.1) is 0 Å². The van der Waals surface area contributed by atoms with Crippen LogP contribution in [-0.2, 0) is 0 Å². The fraction of sp³-hybridized carbons (Fsp3) is 0.200. The van der Waals surface area contributed by atoms with Gasteiger partial charge in [0.15, 0.2) is 0 Å². The standard InChI is InChI=1S/C10H9NO2Te/c1-14-6-11-9(12)7-4-2-3-5-8(7)10(11)13/h2-5H,6H2,1H3. The number of nitrogens with zero attached hydrogens (tertiary/aromatic N) is 1. The predicted octanol–water partition coefficient (Wildman–Crippen LogP) is 0.992. The normalized spacial score (nSPS) is 14.8. The first kappa shape index (κ1) is 9.70. The van der Waals surface area contributed by atoms with Crippen LogP contribution in [0.1, 0.15) is 20.7 Å². The van der Waals surface area contributed by atoms with Crippen LogP contribution in [0.5, 0.6) is 0 Å². The second kappa shape index (κ2) is 3.72. The first-order valence-electron chi connectivity index (χ1n) is 4.20. The van der Waals surface area contributed by atoms with E-state index in [1.165, 1.54) is 4.90 Å². The summed E-state index contributed by atoms with van der Waals surface area (Å²) in [7, 11) is 0. The summed E-state index contributed by atoms with van der Waals surface area (Å²) in [6, 6.07) is 7.00. The predicted molar refractivity (Wildman–Crippen MR) is 53.4 cm³/mol. The Hall–Kier alpha value is -0.850. The van der Waals surface area contributed by atoms with E-state index in [0.717, 1.165) is 0 Å². The third-order valence-corrected chi connectivity index (χ3v) is 3.61. The quantitative estimate of drug-likeness (QED) is 0.603. The molecule has 0 saturated carbocycles. The SMILES string of the molecule is C[Te]CN1C(=O)c2ccccc2C1=O. The number of benzene rings is 1. The van der Waals surface area contributed by atoms with Gasteiger partial charge < -0.3 is 0 Å². The van der Waals surface area contributed by atoms with Crippen LogP contribution in [-0.4, -0.2) is 42.2 Å². The molecule has 1 aliphatic heterocycles. The first-order chi connectivity index (χ1) is 6.75. The molecule has 14 heavy (non-hydrogen) atoms. The molecule has 1 aromatic carbocycles. The van der Waals surface area contributed by atoms with Crippen LogP contribution in [0.25, 0.3) is 0 Å². The molecule has 0 fully saturated rings. The number of hydrogen-bond donors (Lipinski definition) is 0. The average molecular weight is 303 g/mol. The van der Waals surface area contributed by atoms with Crippen molar-refractivity contribution in [3.8, 4) is 0 Å². The minimum absolute atomic E-state index is 0.127. The molecule has 1 aromatic rings. The van der Waals surface area contributed by atoms with Crippen LogP contribution in [0.4, 0.5) is 0 Å². The van der Waals surface area contributed by atoms with E-state index < -0.39 is 0 Å². The van der Waals surface area contributed by atoms with Gasteiger partial charge in [-0.1, -0.05) is 0 Å². The molecule has 0 radical (unpaired) electrons. The van der Waals surface area contributed by atoms with Crippen molar-refractivity contribution < 1.29 is 9.59 Å². The van der Waals surface area contributed by atoms with Gasteiger partial charge in [-0.3, -0.25) is 0 Å². The second-order valence-corrected chi connectivity index (χ2v) is 5.39. The minimum atomic E-state index is -0.239. The van der Waals surface area contributed by atoms with Gasteiger partial charge in [0, 0.05) is 0 Å². The van der Waals surface area contributed by atoms with E-state index in [0.29, 0.717) is 15.7 Å². The molecule has 2 amide bonds. The number of imide groups is 1. The molecule has 1 aliphatic rings. The maximum atomic E-state index is 11.7. The summed E-state index contributed by atoms with van der Waals surface area (Å²) in [6.07, 6.45) is 0. The van der Waals surface area contributed by atoms with Gasteiger partial charge in [0.1, 0.15) is 0 Å². The maximum absolute atomic E-state index is 11.7. The van der Waals surface area contributed by atoms with Crippen LogP contribution in [0, 0.1) is 0 Å². The van der Waals surface area contributed by atoms with Crippen molar-refractivity contribution in [3.05, 3.63) is 35.4 Å². The number of carbonyl (C=O) groups excluding carboxylic acids is 2. The Kier molecular flexibility index (Phi) is 2.58. The summed E-state index contributed by atoms with van der Waals surface area (Å²) in [6.45, 7) is 0. The molecule has 0 atom stereocenters. The van der Waals surface area contributed by atoms with E-state index >= 15 is 0 Å². The van der Waals surface area contributed by atoms with Crippen LogP contribution in [0.2, 0.25) is 4.97 Å². The number of hydrogen-bond acceptors (Lipinski definition) is 2.